The molecule has 0 radical (unpaired) electrons. The second kappa shape index (κ2) is 5.31. The van der Waals surface area contributed by atoms with Crippen molar-refractivity contribution >= 4 is 5.97 Å². The first kappa shape index (κ1) is 12.6. The van der Waals surface area contributed by atoms with Crippen LogP contribution in [0, 0.1) is 0 Å². The molecule has 2 heterocycles. The fourth-order valence-corrected chi connectivity index (χ4v) is 2.93. The van der Waals surface area contributed by atoms with E-state index in [1.807, 2.05) is 12.1 Å². The molecule has 2 aliphatic heterocycles. The Labute approximate surface area is 113 Å². The Morgan fingerprint density at radius 3 is 2.26 bits per heavy atom. The third kappa shape index (κ3) is 2.65. The van der Waals surface area contributed by atoms with Gasteiger partial charge in [-0.15, -0.1) is 0 Å². The van der Waals surface area contributed by atoms with Gasteiger partial charge >= 0.3 is 5.97 Å². The summed E-state index contributed by atoms with van der Waals surface area (Å²) in [4.78, 5) is 13.3. The lowest BCUT2D eigenvalue weighted by molar-refractivity contribution is -0.0712. The van der Waals surface area contributed by atoms with Crippen LogP contribution in [0.15, 0.2) is 24.3 Å². The Morgan fingerprint density at radius 1 is 1.16 bits per heavy atom. The second-order valence-electron chi connectivity index (χ2n) is 5.43. The molecule has 4 nitrogen and oxygen atoms in total. The maximum absolute atomic E-state index is 10.8. The Balaban J connectivity index is 1.59. The number of rotatable bonds is 3. The van der Waals surface area contributed by atoms with Crippen LogP contribution in [0.1, 0.15) is 34.7 Å². The summed E-state index contributed by atoms with van der Waals surface area (Å²) < 4.78 is 5.24. The van der Waals surface area contributed by atoms with Crippen LogP contribution in [0.5, 0.6) is 0 Å². The molecule has 0 aromatic heterocycles. The molecule has 19 heavy (non-hydrogen) atoms. The molecule has 3 rings (SSSR count). The van der Waals surface area contributed by atoms with Gasteiger partial charge in [-0.25, -0.2) is 4.79 Å². The van der Waals surface area contributed by atoms with Gasteiger partial charge in [0.2, 0.25) is 0 Å². The first-order chi connectivity index (χ1) is 9.24. The third-order valence-electron chi connectivity index (χ3n) is 4.30. The van der Waals surface area contributed by atoms with E-state index < -0.39 is 5.97 Å². The van der Waals surface area contributed by atoms with E-state index in [-0.39, 0.29) is 0 Å². The average molecular weight is 261 g/mol. The monoisotopic (exact) mass is 261 g/mol. The van der Waals surface area contributed by atoms with Crippen LogP contribution in [-0.4, -0.2) is 48.3 Å². The highest BCUT2D eigenvalue weighted by Crippen LogP contribution is 2.29. The van der Waals surface area contributed by atoms with Crippen molar-refractivity contribution in [2.24, 2.45) is 0 Å². The zero-order chi connectivity index (χ0) is 13.2. The smallest absolute Gasteiger partial charge is 0.335 e. The molecular weight excluding hydrogens is 242 g/mol. The summed E-state index contributed by atoms with van der Waals surface area (Å²) in [7, 11) is 0. The summed E-state index contributed by atoms with van der Waals surface area (Å²) in [6.07, 6.45) is 2.31. The summed E-state index contributed by atoms with van der Waals surface area (Å²) in [6.45, 7) is 4.02. The minimum absolute atomic E-state index is 0.368. The molecule has 0 bridgehead atoms. The predicted octanol–water partition coefficient (Wildman–Crippen LogP) is 1.96. The topological polar surface area (TPSA) is 49.8 Å². The number of likely N-dealkylation sites (tertiary alicyclic amines) is 1. The highest BCUT2D eigenvalue weighted by atomic mass is 16.5. The number of ether oxygens (including phenoxy) is 1. The number of carboxylic acids is 1. The highest BCUT2D eigenvalue weighted by Gasteiger charge is 2.29. The molecule has 2 aliphatic rings. The molecule has 2 fully saturated rings. The van der Waals surface area contributed by atoms with Crippen molar-refractivity contribution in [3.63, 3.8) is 0 Å². The summed E-state index contributed by atoms with van der Waals surface area (Å²) in [6, 6.07) is 8.00. The minimum Gasteiger partial charge on any atom is -0.478 e. The molecule has 4 heteroatoms. The molecule has 0 amide bonds. The van der Waals surface area contributed by atoms with E-state index in [2.05, 4.69) is 4.90 Å². The lowest BCUT2D eigenvalue weighted by Gasteiger charge is -2.41. The van der Waals surface area contributed by atoms with Crippen molar-refractivity contribution in [3.05, 3.63) is 35.4 Å². The van der Waals surface area contributed by atoms with Gasteiger partial charge in [0.05, 0.1) is 24.8 Å². The molecule has 0 aliphatic carbocycles. The van der Waals surface area contributed by atoms with Crippen LogP contribution in [-0.2, 0) is 4.74 Å². The van der Waals surface area contributed by atoms with Crippen molar-refractivity contribution in [2.75, 3.05) is 26.3 Å². The van der Waals surface area contributed by atoms with E-state index in [0.29, 0.717) is 17.5 Å². The van der Waals surface area contributed by atoms with Gasteiger partial charge in [-0.05, 0) is 49.5 Å². The zero-order valence-corrected chi connectivity index (χ0v) is 10.9. The molecule has 1 aromatic carbocycles. The van der Waals surface area contributed by atoms with Crippen molar-refractivity contribution < 1.29 is 14.6 Å². The van der Waals surface area contributed by atoms with Gasteiger partial charge in [-0.1, -0.05) is 12.1 Å². The largest absolute Gasteiger partial charge is 0.478 e. The van der Waals surface area contributed by atoms with Gasteiger partial charge in [-0.3, -0.25) is 4.90 Å². The lowest BCUT2D eigenvalue weighted by Crippen LogP contribution is -2.51. The fourth-order valence-electron chi connectivity index (χ4n) is 2.93. The SMILES string of the molecule is O=C(O)c1ccc(C2CCN(C3COC3)CC2)cc1. The molecule has 1 N–H and O–H groups in total. The molecule has 2 saturated heterocycles. The summed E-state index contributed by atoms with van der Waals surface area (Å²) in [5.41, 5.74) is 1.64. The predicted molar refractivity (Wildman–Crippen MR) is 71.6 cm³/mol. The van der Waals surface area contributed by atoms with Gasteiger partial charge < -0.3 is 9.84 Å². The van der Waals surface area contributed by atoms with Crippen LogP contribution >= 0.6 is 0 Å². The molecule has 102 valence electrons. The van der Waals surface area contributed by atoms with Crippen molar-refractivity contribution in [1.82, 2.24) is 4.90 Å². The number of hydrogen-bond donors (Lipinski definition) is 1. The van der Waals surface area contributed by atoms with Gasteiger partial charge in [0.1, 0.15) is 0 Å². The first-order valence-corrected chi connectivity index (χ1v) is 6.89. The number of carboxylic acid groups (broad SMARTS) is 1. The minimum atomic E-state index is -0.855. The number of aromatic carboxylic acids is 1. The van der Waals surface area contributed by atoms with E-state index in [9.17, 15) is 4.79 Å². The van der Waals surface area contributed by atoms with Crippen LogP contribution < -0.4 is 0 Å². The Kier molecular flexibility index (Phi) is 3.53. The normalized spacial score (nSPS) is 22.1. The summed E-state index contributed by atoms with van der Waals surface area (Å²) in [5.74, 6) is -0.286. The number of benzene rings is 1. The van der Waals surface area contributed by atoms with Gasteiger partial charge in [-0.2, -0.15) is 0 Å². The Bertz CT molecular complexity index is 445. The molecule has 0 saturated carbocycles. The van der Waals surface area contributed by atoms with Gasteiger partial charge in [0.15, 0.2) is 0 Å². The van der Waals surface area contributed by atoms with E-state index in [1.54, 1.807) is 12.1 Å². The molecule has 1 aromatic rings. The molecular formula is C15H19NO3. The van der Waals surface area contributed by atoms with Crippen LogP contribution in [0.2, 0.25) is 0 Å². The second-order valence-corrected chi connectivity index (χ2v) is 5.43. The number of carbonyl (C=O) groups is 1. The standard InChI is InChI=1S/C15H19NO3/c17-15(18)13-3-1-11(2-4-13)12-5-7-16(8-6-12)14-9-19-10-14/h1-4,12,14H,5-10H2,(H,17,18). The molecule has 0 spiro atoms. The summed E-state index contributed by atoms with van der Waals surface area (Å²) >= 11 is 0. The Morgan fingerprint density at radius 2 is 1.79 bits per heavy atom. The number of hydrogen-bond acceptors (Lipinski definition) is 3. The van der Waals surface area contributed by atoms with Crippen LogP contribution in [0.25, 0.3) is 0 Å². The maximum Gasteiger partial charge on any atom is 0.335 e. The lowest BCUT2D eigenvalue weighted by atomic mass is 9.88. The first-order valence-electron chi connectivity index (χ1n) is 6.89. The average Bonchev–Trinajstić information content (AvgIpc) is 2.38. The van der Waals surface area contributed by atoms with Crippen molar-refractivity contribution in [1.29, 1.82) is 0 Å². The zero-order valence-electron chi connectivity index (χ0n) is 10.9. The van der Waals surface area contributed by atoms with Gasteiger partial charge in [0, 0.05) is 0 Å². The van der Waals surface area contributed by atoms with Gasteiger partial charge in [0.25, 0.3) is 0 Å². The highest BCUT2D eigenvalue weighted by molar-refractivity contribution is 5.87. The van der Waals surface area contributed by atoms with Crippen molar-refractivity contribution in [3.8, 4) is 0 Å². The van der Waals surface area contributed by atoms with Crippen LogP contribution in [0.4, 0.5) is 0 Å². The van der Waals surface area contributed by atoms with E-state index in [4.69, 9.17) is 9.84 Å². The van der Waals surface area contributed by atoms with Crippen LogP contribution in [0.3, 0.4) is 0 Å². The molecule has 0 atom stereocenters. The van der Waals surface area contributed by atoms with E-state index in [1.165, 1.54) is 5.56 Å². The van der Waals surface area contributed by atoms with Crippen molar-refractivity contribution in [2.45, 2.75) is 24.8 Å². The fraction of sp³-hybridized carbons (Fsp3) is 0.533. The third-order valence-corrected chi connectivity index (χ3v) is 4.30. The summed E-state index contributed by atoms with van der Waals surface area (Å²) in [5, 5.41) is 8.90. The van der Waals surface area contributed by atoms with E-state index in [0.717, 1.165) is 39.1 Å². The number of piperidine rings is 1. The maximum atomic E-state index is 10.8. The quantitative estimate of drug-likeness (QED) is 0.903. The Hall–Kier alpha value is -1.39. The number of nitrogens with zero attached hydrogens (tertiary/aromatic N) is 1. The van der Waals surface area contributed by atoms with E-state index >= 15 is 0 Å². The molecule has 0 unspecified atom stereocenters.